The van der Waals surface area contributed by atoms with Crippen molar-refractivity contribution in [1.82, 2.24) is 0 Å². The van der Waals surface area contributed by atoms with E-state index in [1.165, 1.54) is 14.2 Å². The first kappa shape index (κ1) is 16.4. The van der Waals surface area contributed by atoms with Gasteiger partial charge in [-0.15, -0.1) is 0 Å². The molecule has 0 aromatic carbocycles. The molecule has 1 aliphatic rings. The highest BCUT2D eigenvalue weighted by Crippen LogP contribution is 2.38. The fourth-order valence-corrected chi connectivity index (χ4v) is 2.75. The molecule has 0 saturated heterocycles. The van der Waals surface area contributed by atoms with Crippen LogP contribution >= 0.6 is 0 Å². The second kappa shape index (κ2) is 7.82. The highest BCUT2D eigenvalue weighted by atomic mass is 16.5. The molecule has 0 aromatic rings. The van der Waals surface area contributed by atoms with Gasteiger partial charge in [-0.25, -0.2) is 0 Å². The molecule has 0 amide bonds. The number of allylic oxidation sites excluding steroid dienone is 2. The maximum Gasteiger partial charge on any atom is 0.320 e. The van der Waals surface area contributed by atoms with Crippen LogP contribution in [0.5, 0.6) is 0 Å². The number of rotatable bonds is 6. The standard InChI is InChI=1S/C15H22O5/c1-4-5-6-7-10-11(8-9-12(10)16)13(14(17)19-2)15(18)20-3/h5-6,10-11,13H,4,7-9H2,1-3H3/b6-5+. The summed E-state index contributed by atoms with van der Waals surface area (Å²) < 4.78 is 9.38. The van der Waals surface area contributed by atoms with Crippen LogP contribution in [0.3, 0.4) is 0 Å². The average molecular weight is 282 g/mol. The third kappa shape index (κ3) is 3.68. The Hall–Kier alpha value is -1.65. The number of ketones is 1. The minimum absolute atomic E-state index is 0.105. The number of methoxy groups -OCH3 is 2. The van der Waals surface area contributed by atoms with Crippen LogP contribution in [0.2, 0.25) is 0 Å². The quantitative estimate of drug-likeness (QED) is 0.423. The first-order chi connectivity index (χ1) is 9.56. The van der Waals surface area contributed by atoms with Crippen LogP contribution in [0, 0.1) is 17.8 Å². The number of Topliss-reactive ketones (excluding diaryl/α,β-unsaturated/α-hetero) is 1. The summed E-state index contributed by atoms with van der Waals surface area (Å²) in [5.74, 6) is -2.78. The Morgan fingerprint density at radius 1 is 1.25 bits per heavy atom. The Morgan fingerprint density at radius 3 is 2.35 bits per heavy atom. The van der Waals surface area contributed by atoms with Crippen molar-refractivity contribution in [3.63, 3.8) is 0 Å². The summed E-state index contributed by atoms with van der Waals surface area (Å²) >= 11 is 0. The van der Waals surface area contributed by atoms with Crippen molar-refractivity contribution in [2.45, 2.75) is 32.6 Å². The van der Waals surface area contributed by atoms with E-state index in [0.29, 0.717) is 19.3 Å². The molecule has 1 rings (SSSR count). The predicted molar refractivity (Wildman–Crippen MR) is 72.8 cm³/mol. The van der Waals surface area contributed by atoms with E-state index in [0.717, 1.165) is 6.42 Å². The van der Waals surface area contributed by atoms with E-state index in [1.54, 1.807) is 0 Å². The number of ether oxygens (including phenoxy) is 2. The first-order valence-corrected chi connectivity index (χ1v) is 6.90. The molecule has 2 atom stereocenters. The van der Waals surface area contributed by atoms with Gasteiger partial charge >= 0.3 is 11.9 Å². The fraction of sp³-hybridized carbons (Fsp3) is 0.667. The lowest BCUT2D eigenvalue weighted by Crippen LogP contribution is -2.36. The molecular weight excluding hydrogens is 260 g/mol. The third-order valence-electron chi connectivity index (χ3n) is 3.79. The molecule has 0 radical (unpaired) electrons. The van der Waals surface area contributed by atoms with E-state index in [1.807, 2.05) is 19.1 Å². The maximum atomic E-state index is 12.0. The summed E-state index contributed by atoms with van der Waals surface area (Å²) in [6, 6.07) is 0. The molecule has 20 heavy (non-hydrogen) atoms. The smallest absolute Gasteiger partial charge is 0.320 e. The second-order valence-electron chi connectivity index (χ2n) is 4.91. The second-order valence-corrected chi connectivity index (χ2v) is 4.91. The summed E-state index contributed by atoms with van der Waals surface area (Å²) in [7, 11) is 2.47. The molecule has 0 heterocycles. The van der Waals surface area contributed by atoms with Crippen molar-refractivity contribution < 1.29 is 23.9 Å². The Bertz CT molecular complexity index is 383. The summed E-state index contributed by atoms with van der Waals surface area (Å²) in [6.45, 7) is 2.01. The molecule has 2 unspecified atom stereocenters. The highest BCUT2D eigenvalue weighted by molar-refractivity contribution is 5.97. The summed E-state index contributed by atoms with van der Waals surface area (Å²) in [6.07, 6.45) is 6.30. The average Bonchev–Trinajstić information content (AvgIpc) is 2.80. The zero-order valence-electron chi connectivity index (χ0n) is 12.3. The van der Waals surface area contributed by atoms with Gasteiger partial charge < -0.3 is 9.47 Å². The minimum atomic E-state index is -1.00. The molecule has 5 nitrogen and oxygen atoms in total. The molecule has 0 aliphatic heterocycles. The van der Waals surface area contributed by atoms with Gasteiger partial charge in [-0.2, -0.15) is 0 Å². The molecule has 5 heteroatoms. The van der Waals surface area contributed by atoms with E-state index in [-0.39, 0.29) is 17.6 Å². The minimum Gasteiger partial charge on any atom is -0.468 e. The predicted octanol–water partition coefficient (Wildman–Crippen LogP) is 1.90. The Labute approximate surface area is 119 Å². The third-order valence-corrected chi connectivity index (χ3v) is 3.79. The van der Waals surface area contributed by atoms with Gasteiger partial charge in [-0.1, -0.05) is 19.1 Å². The van der Waals surface area contributed by atoms with Crippen molar-refractivity contribution in [2.75, 3.05) is 14.2 Å². The monoisotopic (exact) mass is 282 g/mol. The molecule has 1 fully saturated rings. The van der Waals surface area contributed by atoms with Crippen molar-refractivity contribution in [1.29, 1.82) is 0 Å². The number of carbonyl (C=O) groups is 3. The number of hydrogen-bond donors (Lipinski definition) is 0. The lowest BCUT2D eigenvalue weighted by Gasteiger charge is -2.23. The Kier molecular flexibility index (Phi) is 6.42. The summed E-state index contributed by atoms with van der Waals surface area (Å²) in [5.41, 5.74) is 0. The molecule has 0 bridgehead atoms. The fourth-order valence-electron chi connectivity index (χ4n) is 2.75. The van der Waals surface area contributed by atoms with Gasteiger partial charge in [0.2, 0.25) is 0 Å². The van der Waals surface area contributed by atoms with Gasteiger partial charge in [0.15, 0.2) is 5.92 Å². The molecule has 0 N–H and O–H groups in total. The Balaban J connectivity index is 2.92. The van der Waals surface area contributed by atoms with Crippen LogP contribution in [-0.4, -0.2) is 31.9 Å². The van der Waals surface area contributed by atoms with Crippen LogP contribution in [0.4, 0.5) is 0 Å². The van der Waals surface area contributed by atoms with Gasteiger partial charge in [0.1, 0.15) is 5.78 Å². The molecule has 0 aromatic heterocycles. The maximum absolute atomic E-state index is 12.0. The van der Waals surface area contributed by atoms with Crippen molar-refractivity contribution in [3.05, 3.63) is 12.2 Å². The van der Waals surface area contributed by atoms with Crippen LogP contribution in [0.15, 0.2) is 12.2 Å². The zero-order valence-corrected chi connectivity index (χ0v) is 12.3. The SMILES string of the molecule is CC/C=C/CC1C(=O)CCC1C(C(=O)OC)C(=O)OC. The molecule has 0 spiro atoms. The molecular formula is C15H22O5. The van der Waals surface area contributed by atoms with Crippen molar-refractivity contribution in [2.24, 2.45) is 17.8 Å². The molecule has 112 valence electrons. The first-order valence-electron chi connectivity index (χ1n) is 6.90. The normalized spacial score (nSPS) is 22.5. The number of hydrogen-bond acceptors (Lipinski definition) is 5. The van der Waals surface area contributed by atoms with Gasteiger partial charge in [-0.05, 0) is 25.2 Å². The van der Waals surface area contributed by atoms with Crippen LogP contribution < -0.4 is 0 Å². The molecule has 1 saturated carbocycles. The van der Waals surface area contributed by atoms with E-state index >= 15 is 0 Å². The zero-order chi connectivity index (χ0) is 15.1. The lowest BCUT2D eigenvalue weighted by molar-refractivity contribution is -0.162. The van der Waals surface area contributed by atoms with Gasteiger partial charge in [-0.3, -0.25) is 14.4 Å². The van der Waals surface area contributed by atoms with E-state index < -0.39 is 17.9 Å². The summed E-state index contributed by atoms with van der Waals surface area (Å²) in [5, 5.41) is 0. The molecule has 1 aliphatic carbocycles. The van der Waals surface area contributed by atoms with E-state index in [2.05, 4.69) is 9.47 Å². The summed E-state index contributed by atoms with van der Waals surface area (Å²) in [4.78, 5) is 35.6. The highest BCUT2D eigenvalue weighted by Gasteiger charge is 2.46. The van der Waals surface area contributed by atoms with Gasteiger partial charge in [0.25, 0.3) is 0 Å². The lowest BCUT2D eigenvalue weighted by atomic mass is 9.81. The largest absolute Gasteiger partial charge is 0.468 e. The van der Waals surface area contributed by atoms with Crippen LogP contribution in [0.1, 0.15) is 32.6 Å². The van der Waals surface area contributed by atoms with Crippen LogP contribution in [0.25, 0.3) is 0 Å². The number of carbonyl (C=O) groups excluding carboxylic acids is 3. The van der Waals surface area contributed by atoms with Gasteiger partial charge in [0, 0.05) is 12.3 Å². The van der Waals surface area contributed by atoms with Crippen molar-refractivity contribution >= 4 is 17.7 Å². The topological polar surface area (TPSA) is 69.7 Å². The van der Waals surface area contributed by atoms with Gasteiger partial charge in [0.05, 0.1) is 14.2 Å². The van der Waals surface area contributed by atoms with Crippen LogP contribution in [-0.2, 0) is 23.9 Å². The van der Waals surface area contributed by atoms with E-state index in [9.17, 15) is 14.4 Å². The van der Waals surface area contributed by atoms with E-state index in [4.69, 9.17) is 0 Å². The Morgan fingerprint density at radius 2 is 1.85 bits per heavy atom. The number of esters is 2. The van der Waals surface area contributed by atoms with Crippen molar-refractivity contribution in [3.8, 4) is 0 Å².